The number of fused-ring (bicyclic) bond motifs is 5. The van der Waals surface area contributed by atoms with E-state index in [-0.39, 0.29) is 11.9 Å². The van der Waals surface area contributed by atoms with Gasteiger partial charge in [-0.25, -0.2) is 15.0 Å². The third-order valence-corrected chi connectivity index (χ3v) is 6.25. The standard InChI is InChI=1S/C22H22N6O2S/c1-12-8-24-19-18-14-4-7-17(30-22-13(10-28(2)3)9-23-11-25-22)27-15(14)5-6-16(18)31-20(19)21(29)26-12/h4-7,9,11-12,24H,8,10H2,1-3H3,(H,26,29)/t12-/m1/s1. The maximum absolute atomic E-state index is 12.6. The molecule has 1 aliphatic rings. The number of carbonyl (C=O) groups excluding carboxylic acids is 1. The zero-order chi connectivity index (χ0) is 21.5. The number of hydrogen-bond donors (Lipinski definition) is 2. The van der Waals surface area contributed by atoms with Crippen LogP contribution < -0.4 is 15.4 Å². The van der Waals surface area contributed by atoms with Crippen LogP contribution in [0.5, 0.6) is 11.8 Å². The summed E-state index contributed by atoms with van der Waals surface area (Å²) < 4.78 is 7.06. The second kappa shape index (κ2) is 7.75. The van der Waals surface area contributed by atoms with Gasteiger partial charge in [0.2, 0.25) is 11.8 Å². The van der Waals surface area contributed by atoms with Gasteiger partial charge in [-0.1, -0.05) is 0 Å². The summed E-state index contributed by atoms with van der Waals surface area (Å²) in [5.41, 5.74) is 2.57. The van der Waals surface area contributed by atoms with E-state index < -0.39 is 0 Å². The molecule has 0 fully saturated rings. The molecule has 0 radical (unpaired) electrons. The van der Waals surface area contributed by atoms with Crippen LogP contribution in [0.1, 0.15) is 22.2 Å². The minimum Gasteiger partial charge on any atom is -0.420 e. The second-order valence-corrected chi connectivity index (χ2v) is 8.96. The van der Waals surface area contributed by atoms with E-state index in [4.69, 9.17) is 9.72 Å². The minimum atomic E-state index is -0.0352. The lowest BCUT2D eigenvalue weighted by Gasteiger charge is -2.13. The SMILES string of the molecule is C[C@@H]1CNc2c(sc3ccc4nc(Oc5ncncc5CN(C)C)ccc4c23)C(=O)N1. The highest BCUT2D eigenvalue weighted by Crippen LogP contribution is 2.41. The summed E-state index contributed by atoms with van der Waals surface area (Å²) in [5, 5.41) is 8.47. The van der Waals surface area contributed by atoms with Gasteiger partial charge < -0.3 is 20.3 Å². The monoisotopic (exact) mass is 434 g/mol. The van der Waals surface area contributed by atoms with Gasteiger partial charge >= 0.3 is 0 Å². The van der Waals surface area contributed by atoms with Gasteiger partial charge in [0, 0.05) is 52.4 Å². The van der Waals surface area contributed by atoms with E-state index in [1.807, 2.05) is 50.2 Å². The third kappa shape index (κ3) is 3.66. The van der Waals surface area contributed by atoms with E-state index in [0.717, 1.165) is 32.2 Å². The molecule has 0 aliphatic carbocycles. The van der Waals surface area contributed by atoms with Crippen molar-refractivity contribution in [1.29, 1.82) is 0 Å². The van der Waals surface area contributed by atoms with Gasteiger partial charge in [0.05, 0.1) is 11.2 Å². The molecule has 0 unspecified atom stereocenters. The Hall–Kier alpha value is -3.30. The van der Waals surface area contributed by atoms with E-state index in [1.54, 1.807) is 6.20 Å². The van der Waals surface area contributed by atoms with Crippen molar-refractivity contribution >= 4 is 43.9 Å². The third-order valence-electron chi connectivity index (χ3n) is 5.10. The van der Waals surface area contributed by atoms with E-state index in [9.17, 15) is 4.79 Å². The summed E-state index contributed by atoms with van der Waals surface area (Å²) in [7, 11) is 3.96. The Balaban J connectivity index is 1.56. The minimum absolute atomic E-state index is 0.0352. The number of amides is 1. The van der Waals surface area contributed by atoms with Crippen LogP contribution in [0.2, 0.25) is 0 Å². The maximum Gasteiger partial charge on any atom is 0.263 e. The maximum atomic E-state index is 12.6. The summed E-state index contributed by atoms with van der Waals surface area (Å²) in [6, 6.07) is 7.87. The fourth-order valence-corrected chi connectivity index (χ4v) is 4.85. The summed E-state index contributed by atoms with van der Waals surface area (Å²) in [6.45, 7) is 3.33. The molecule has 0 saturated carbocycles. The molecule has 9 heteroatoms. The largest absolute Gasteiger partial charge is 0.420 e. The van der Waals surface area contributed by atoms with Crippen molar-refractivity contribution in [2.24, 2.45) is 0 Å². The summed E-state index contributed by atoms with van der Waals surface area (Å²) in [5.74, 6) is 0.923. The predicted molar refractivity (Wildman–Crippen MR) is 122 cm³/mol. The van der Waals surface area contributed by atoms with Crippen molar-refractivity contribution in [3.63, 3.8) is 0 Å². The topological polar surface area (TPSA) is 92.3 Å². The van der Waals surface area contributed by atoms with Crippen molar-refractivity contribution in [2.75, 3.05) is 26.0 Å². The molecule has 2 N–H and O–H groups in total. The van der Waals surface area contributed by atoms with Crippen LogP contribution in [0.15, 0.2) is 36.8 Å². The van der Waals surface area contributed by atoms with E-state index in [2.05, 4.69) is 20.6 Å². The van der Waals surface area contributed by atoms with Crippen LogP contribution in [-0.4, -0.2) is 52.4 Å². The number of rotatable bonds is 4. The fraction of sp³-hybridized carbons (Fsp3) is 0.273. The number of pyridine rings is 1. The average molecular weight is 435 g/mol. The molecule has 8 nitrogen and oxygen atoms in total. The van der Waals surface area contributed by atoms with Gasteiger partial charge in [0.1, 0.15) is 11.2 Å². The predicted octanol–water partition coefficient (Wildman–Crippen LogP) is 3.64. The first-order chi connectivity index (χ1) is 15.0. The molecule has 0 saturated heterocycles. The van der Waals surface area contributed by atoms with Crippen LogP contribution in [0.25, 0.3) is 21.0 Å². The van der Waals surface area contributed by atoms with Crippen LogP contribution in [-0.2, 0) is 6.54 Å². The number of carbonyl (C=O) groups is 1. The Morgan fingerprint density at radius 1 is 1.26 bits per heavy atom. The number of thiophene rings is 1. The van der Waals surface area contributed by atoms with Gasteiger partial charge in [0.15, 0.2) is 0 Å². The van der Waals surface area contributed by atoms with Crippen LogP contribution in [0, 0.1) is 0 Å². The molecule has 5 rings (SSSR count). The molecule has 158 valence electrons. The molecule has 3 aromatic heterocycles. The molecule has 4 aromatic rings. The fourth-order valence-electron chi connectivity index (χ4n) is 3.75. The van der Waals surface area contributed by atoms with Crippen molar-refractivity contribution in [3.05, 3.63) is 47.2 Å². The Kier molecular flexibility index (Phi) is 4.91. The zero-order valence-corrected chi connectivity index (χ0v) is 18.3. The number of aromatic nitrogens is 3. The first-order valence-corrected chi connectivity index (χ1v) is 10.8. The highest BCUT2D eigenvalue weighted by Gasteiger charge is 2.24. The molecular formula is C22H22N6O2S. The van der Waals surface area contributed by atoms with Crippen molar-refractivity contribution in [3.8, 4) is 11.8 Å². The van der Waals surface area contributed by atoms with Crippen LogP contribution >= 0.6 is 11.3 Å². The second-order valence-electron chi connectivity index (χ2n) is 7.91. The first kappa shape index (κ1) is 19.7. The summed E-state index contributed by atoms with van der Waals surface area (Å²) in [4.78, 5) is 28.4. The Labute approximate surface area is 183 Å². The Bertz CT molecular complexity index is 1300. The molecular weight excluding hydrogens is 412 g/mol. The number of nitrogens with one attached hydrogen (secondary N) is 2. The molecule has 0 spiro atoms. The Morgan fingerprint density at radius 2 is 2.13 bits per heavy atom. The summed E-state index contributed by atoms with van der Waals surface area (Å²) >= 11 is 1.50. The average Bonchev–Trinajstić information content (AvgIpc) is 3.06. The smallest absolute Gasteiger partial charge is 0.263 e. The van der Waals surface area contributed by atoms with Crippen LogP contribution in [0.4, 0.5) is 5.69 Å². The van der Waals surface area contributed by atoms with Gasteiger partial charge in [0.25, 0.3) is 5.91 Å². The van der Waals surface area contributed by atoms with E-state index in [0.29, 0.717) is 29.7 Å². The van der Waals surface area contributed by atoms with Gasteiger partial charge in [-0.15, -0.1) is 11.3 Å². The van der Waals surface area contributed by atoms with Crippen molar-refractivity contribution < 1.29 is 9.53 Å². The normalized spacial score (nSPS) is 16.1. The number of benzene rings is 1. The highest BCUT2D eigenvalue weighted by molar-refractivity contribution is 7.21. The zero-order valence-electron chi connectivity index (χ0n) is 17.5. The number of hydrogen-bond acceptors (Lipinski definition) is 8. The van der Waals surface area contributed by atoms with Gasteiger partial charge in [-0.2, -0.15) is 0 Å². The number of anilines is 1. The van der Waals surface area contributed by atoms with Crippen LogP contribution in [0.3, 0.4) is 0 Å². The van der Waals surface area contributed by atoms with Gasteiger partial charge in [-0.3, -0.25) is 4.79 Å². The molecule has 1 aromatic carbocycles. The number of ether oxygens (including phenoxy) is 1. The van der Waals surface area contributed by atoms with Gasteiger partial charge in [-0.05, 0) is 39.2 Å². The summed E-state index contributed by atoms with van der Waals surface area (Å²) in [6.07, 6.45) is 3.22. The first-order valence-electron chi connectivity index (χ1n) is 10.0. The van der Waals surface area contributed by atoms with E-state index >= 15 is 0 Å². The lowest BCUT2D eigenvalue weighted by Crippen LogP contribution is -2.34. The molecule has 31 heavy (non-hydrogen) atoms. The quantitative estimate of drug-likeness (QED) is 0.507. The highest BCUT2D eigenvalue weighted by atomic mass is 32.1. The molecule has 1 aliphatic heterocycles. The Morgan fingerprint density at radius 3 is 2.97 bits per heavy atom. The van der Waals surface area contributed by atoms with E-state index in [1.165, 1.54) is 17.7 Å². The van der Waals surface area contributed by atoms with Crippen molar-refractivity contribution in [1.82, 2.24) is 25.2 Å². The molecule has 0 bridgehead atoms. The lowest BCUT2D eigenvalue weighted by atomic mass is 10.1. The molecule has 1 amide bonds. The molecule has 4 heterocycles. The molecule has 1 atom stereocenters. The number of nitrogens with zero attached hydrogens (tertiary/aromatic N) is 4. The lowest BCUT2D eigenvalue weighted by molar-refractivity contribution is 0.0949. The van der Waals surface area contributed by atoms with Crippen molar-refractivity contribution in [2.45, 2.75) is 19.5 Å².